The van der Waals surface area contributed by atoms with Gasteiger partial charge in [0.2, 0.25) is 11.8 Å². The molecule has 0 saturated heterocycles. The van der Waals surface area contributed by atoms with E-state index in [1.807, 2.05) is 0 Å². The average molecular weight is 141 g/mol. The van der Waals surface area contributed by atoms with Gasteiger partial charge >= 0.3 is 0 Å². The number of amides is 1. The van der Waals surface area contributed by atoms with Crippen LogP contribution < -0.4 is 5.73 Å². The van der Waals surface area contributed by atoms with Crippen molar-refractivity contribution in [1.29, 1.82) is 0 Å². The molecule has 0 aromatic carbocycles. The van der Waals surface area contributed by atoms with E-state index in [1.165, 1.54) is 0 Å². The Kier molecular flexibility index (Phi) is 1.89. The van der Waals surface area contributed by atoms with Gasteiger partial charge in [0, 0.05) is 0 Å². The molecule has 1 heterocycles. The Morgan fingerprint density at radius 2 is 2.50 bits per heavy atom. The molecule has 0 spiro atoms. The first-order valence-electron chi connectivity index (χ1n) is 3.03. The Labute approximate surface area is 59.1 Å². The van der Waals surface area contributed by atoms with E-state index in [0.717, 1.165) is 0 Å². The maximum absolute atomic E-state index is 10.5. The molecule has 0 bridgehead atoms. The van der Waals surface area contributed by atoms with Gasteiger partial charge in [-0.2, -0.15) is 0 Å². The molecule has 0 fully saturated rings. The van der Waals surface area contributed by atoms with Gasteiger partial charge in [-0.05, 0) is 6.92 Å². The van der Waals surface area contributed by atoms with Gasteiger partial charge in [-0.25, -0.2) is 0 Å². The second-order valence-corrected chi connectivity index (χ2v) is 2.02. The molecule has 1 aliphatic heterocycles. The Bertz CT molecular complexity index is 177. The lowest BCUT2D eigenvalue weighted by Gasteiger charge is -2.04. The minimum absolute atomic E-state index is 0.396. The molecule has 0 aliphatic carbocycles. The first-order valence-corrected chi connectivity index (χ1v) is 3.03. The molecule has 10 heavy (non-hydrogen) atoms. The van der Waals surface area contributed by atoms with E-state index in [1.54, 1.807) is 6.92 Å². The molecular formula is C6H9N2O2. The van der Waals surface area contributed by atoms with Crippen molar-refractivity contribution in [3.63, 3.8) is 0 Å². The van der Waals surface area contributed by atoms with Crippen LogP contribution in [0, 0.1) is 5.92 Å². The SMILES string of the molecule is C[C](C(N)=O)C1=NCCO1. The fourth-order valence-electron chi connectivity index (χ4n) is 0.667. The van der Waals surface area contributed by atoms with E-state index in [2.05, 4.69) is 4.99 Å². The molecule has 0 aromatic rings. The van der Waals surface area contributed by atoms with Gasteiger partial charge in [0.1, 0.15) is 12.5 Å². The van der Waals surface area contributed by atoms with Crippen molar-refractivity contribution in [2.75, 3.05) is 13.2 Å². The van der Waals surface area contributed by atoms with Crippen molar-refractivity contribution in [2.24, 2.45) is 10.7 Å². The molecule has 0 saturated carbocycles. The van der Waals surface area contributed by atoms with Gasteiger partial charge in [-0.3, -0.25) is 9.79 Å². The summed E-state index contributed by atoms with van der Waals surface area (Å²) in [5, 5.41) is 0. The molecule has 2 N–H and O–H groups in total. The molecule has 4 heteroatoms. The van der Waals surface area contributed by atoms with Gasteiger partial charge in [0.15, 0.2) is 0 Å². The third-order valence-electron chi connectivity index (χ3n) is 1.28. The first kappa shape index (κ1) is 7.05. The van der Waals surface area contributed by atoms with Gasteiger partial charge in [-0.15, -0.1) is 0 Å². The van der Waals surface area contributed by atoms with Gasteiger partial charge in [0.05, 0.1) is 6.54 Å². The molecular weight excluding hydrogens is 132 g/mol. The molecule has 55 valence electrons. The number of carbonyl (C=O) groups excluding carboxylic acids is 1. The summed E-state index contributed by atoms with van der Waals surface area (Å²) in [5.41, 5.74) is 4.98. The van der Waals surface area contributed by atoms with Crippen LogP contribution in [0.5, 0.6) is 0 Å². The van der Waals surface area contributed by atoms with E-state index in [9.17, 15) is 4.79 Å². The summed E-state index contributed by atoms with van der Waals surface area (Å²) >= 11 is 0. The third-order valence-corrected chi connectivity index (χ3v) is 1.28. The minimum atomic E-state index is -0.472. The zero-order valence-corrected chi connectivity index (χ0v) is 5.76. The van der Waals surface area contributed by atoms with Crippen LogP contribution in [0.1, 0.15) is 6.92 Å². The third kappa shape index (κ3) is 1.26. The Hall–Kier alpha value is -1.06. The van der Waals surface area contributed by atoms with E-state index < -0.39 is 5.91 Å². The van der Waals surface area contributed by atoms with Crippen molar-refractivity contribution < 1.29 is 9.53 Å². The second kappa shape index (κ2) is 2.68. The number of rotatable bonds is 2. The van der Waals surface area contributed by atoms with Crippen LogP contribution in [-0.2, 0) is 9.53 Å². The number of hydrogen-bond donors (Lipinski definition) is 1. The molecule has 0 atom stereocenters. The molecule has 4 nitrogen and oxygen atoms in total. The van der Waals surface area contributed by atoms with Crippen molar-refractivity contribution in [1.82, 2.24) is 0 Å². The summed E-state index contributed by atoms with van der Waals surface area (Å²) in [5.74, 6) is 0.325. The Morgan fingerprint density at radius 3 is 2.90 bits per heavy atom. The second-order valence-electron chi connectivity index (χ2n) is 2.02. The van der Waals surface area contributed by atoms with Crippen LogP contribution in [0.4, 0.5) is 0 Å². The smallest absolute Gasteiger partial charge is 0.234 e. The lowest BCUT2D eigenvalue weighted by molar-refractivity contribution is -0.115. The van der Waals surface area contributed by atoms with Gasteiger partial charge < -0.3 is 10.5 Å². The standard InChI is InChI=1S/C6H9N2O2/c1-4(5(7)9)6-8-2-3-10-6/h2-3H2,1H3,(H2,7,9). The highest BCUT2D eigenvalue weighted by atomic mass is 16.5. The van der Waals surface area contributed by atoms with Crippen molar-refractivity contribution >= 4 is 11.8 Å². The van der Waals surface area contributed by atoms with Crippen molar-refractivity contribution in [3.8, 4) is 0 Å². The number of ether oxygens (including phenoxy) is 1. The van der Waals surface area contributed by atoms with E-state index in [-0.39, 0.29) is 0 Å². The number of aliphatic imine (C=N–C) groups is 1. The molecule has 1 aliphatic rings. The van der Waals surface area contributed by atoms with Crippen LogP contribution in [0.15, 0.2) is 4.99 Å². The van der Waals surface area contributed by atoms with E-state index in [0.29, 0.717) is 25.0 Å². The zero-order valence-electron chi connectivity index (χ0n) is 5.76. The zero-order chi connectivity index (χ0) is 7.56. The topological polar surface area (TPSA) is 64.7 Å². The highest BCUT2D eigenvalue weighted by molar-refractivity contribution is 6.13. The Balaban J connectivity index is 2.55. The van der Waals surface area contributed by atoms with E-state index >= 15 is 0 Å². The minimum Gasteiger partial charge on any atom is -0.478 e. The normalized spacial score (nSPS) is 16.8. The summed E-state index contributed by atoms with van der Waals surface area (Å²) in [4.78, 5) is 14.4. The van der Waals surface area contributed by atoms with Crippen LogP contribution in [-0.4, -0.2) is 25.0 Å². The predicted octanol–water partition coefficient (Wildman–Crippen LogP) is -0.505. The van der Waals surface area contributed by atoms with Gasteiger partial charge in [0.25, 0.3) is 0 Å². The summed E-state index contributed by atoms with van der Waals surface area (Å²) in [7, 11) is 0. The Morgan fingerprint density at radius 1 is 1.80 bits per heavy atom. The van der Waals surface area contributed by atoms with Crippen LogP contribution >= 0.6 is 0 Å². The fourth-order valence-corrected chi connectivity index (χ4v) is 0.667. The monoisotopic (exact) mass is 141 g/mol. The highest BCUT2D eigenvalue weighted by Gasteiger charge is 2.21. The summed E-state index contributed by atoms with van der Waals surface area (Å²) in [6.45, 7) is 2.78. The van der Waals surface area contributed by atoms with Crippen LogP contribution in [0.25, 0.3) is 0 Å². The molecule has 0 unspecified atom stereocenters. The lowest BCUT2D eigenvalue weighted by Crippen LogP contribution is -2.25. The van der Waals surface area contributed by atoms with E-state index in [4.69, 9.17) is 10.5 Å². The summed E-state index contributed by atoms with van der Waals surface area (Å²) < 4.78 is 4.99. The van der Waals surface area contributed by atoms with Crippen LogP contribution in [0.2, 0.25) is 0 Å². The fraction of sp³-hybridized carbons (Fsp3) is 0.500. The van der Waals surface area contributed by atoms with Crippen LogP contribution in [0.3, 0.4) is 0 Å². The largest absolute Gasteiger partial charge is 0.478 e. The number of hydrogen-bond acceptors (Lipinski definition) is 3. The predicted molar refractivity (Wildman–Crippen MR) is 36.4 cm³/mol. The summed E-state index contributed by atoms with van der Waals surface area (Å²) in [6, 6.07) is 0. The maximum Gasteiger partial charge on any atom is 0.234 e. The molecule has 1 radical (unpaired) electrons. The number of nitrogens with two attached hydrogens (primary N) is 1. The van der Waals surface area contributed by atoms with Gasteiger partial charge in [-0.1, -0.05) is 0 Å². The number of nitrogens with zero attached hydrogens (tertiary/aromatic N) is 1. The number of primary amides is 1. The van der Waals surface area contributed by atoms with Crippen molar-refractivity contribution in [3.05, 3.63) is 5.92 Å². The first-order chi connectivity index (χ1) is 4.72. The molecule has 0 aromatic heterocycles. The number of carbonyl (C=O) groups is 1. The summed E-state index contributed by atoms with van der Waals surface area (Å²) in [6.07, 6.45) is 0. The lowest BCUT2D eigenvalue weighted by atomic mass is 10.2. The molecule has 1 rings (SSSR count). The highest BCUT2D eigenvalue weighted by Crippen LogP contribution is 2.06. The average Bonchev–Trinajstić information content (AvgIpc) is 2.36. The maximum atomic E-state index is 10.5. The molecule has 1 amide bonds. The quantitative estimate of drug-likeness (QED) is 0.563. The van der Waals surface area contributed by atoms with Crippen molar-refractivity contribution in [2.45, 2.75) is 6.92 Å².